The third kappa shape index (κ3) is 4.30. The summed E-state index contributed by atoms with van der Waals surface area (Å²) < 4.78 is 9.20. The molecule has 0 aliphatic carbocycles. The van der Waals surface area contributed by atoms with Crippen LogP contribution in [0.15, 0.2) is 0 Å². The fourth-order valence-electron chi connectivity index (χ4n) is 1.65. The van der Waals surface area contributed by atoms with E-state index >= 15 is 0 Å². The van der Waals surface area contributed by atoms with Gasteiger partial charge in [0.25, 0.3) is 0 Å². The molecular formula is C11H17NO5S. The first-order valence-electron chi connectivity index (χ1n) is 5.75. The molecule has 1 heterocycles. The van der Waals surface area contributed by atoms with E-state index in [4.69, 9.17) is 4.74 Å². The summed E-state index contributed by atoms with van der Waals surface area (Å²) in [7, 11) is 1.23. The zero-order valence-corrected chi connectivity index (χ0v) is 11.1. The van der Waals surface area contributed by atoms with Crippen LogP contribution >= 0.6 is 12.6 Å². The van der Waals surface area contributed by atoms with Crippen LogP contribution in [0.25, 0.3) is 0 Å². The second-order valence-electron chi connectivity index (χ2n) is 4.05. The number of methoxy groups -OCH3 is 1. The van der Waals surface area contributed by atoms with Gasteiger partial charge in [-0.05, 0) is 19.4 Å². The minimum absolute atomic E-state index is 0.124. The normalized spacial score (nSPS) is 20.2. The molecule has 0 radical (unpaired) electrons. The predicted octanol–water partition coefficient (Wildman–Crippen LogP) is -0.0827. The van der Waals surface area contributed by atoms with Crippen molar-refractivity contribution in [1.82, 2.24) is 5.32 Å². The van der Waals surface area contributed by atoms with Gasteiger partial charge in [-0.1, -0.05) is 0 Å². The Morgan fingerprint density at radius 1 is 1.44 bits per heavy atom. The lowest BCUT2D eigenvalue weighted by Crippen LogP contribution is -2.36. The molecule has 1 saturated heterocycles. The molecule has 2 atom stereocenters. The Kier molecular flexibility index (Phi) is 6.14. The molecule has 0 saturated carbocycles. The summed E-state index contributed by atoms with van der Waals surface area (Å²) in [6, 6.07) is -0.423. The number of rotatable bonds is 5. The van der Waals surface area contributed by atoms with Gasteiger partial charge in [0.2, 0.25) is 0 Å². The Morgan fingerprint density at radius 3 is 2.67 bits per heavy atom. The summed E-state index contributed by atoms with van der Waals surface area (Å²) in [5.74, 6) is -2.48. The van der Waals surface area contributed by atoms with Crippen LogP contribution in [-0.4, -0.2) is 43.4 Å². The van der Waals surface area contributed by atoms with Gasteiger partial charge in [0, 0.05) is 5.75 Å². The van der Waals surface area contributed by atoms with Crippen LogP contribution in [0.2, 0.25) is 0 Å². The molecule has 0 aromatic rings. The monoisotopic (exact) mass is 275 g/mol. The van der Waals surface area contributed by atoms with Crippen LogP contribution in [0.1, 0.15) is 19.3 Å². The van der Waals surface area contributed by atoms with Gasteiger partial charge in [-0.25, -0.2) is 4.79 Å². The van der Waals surface area contributed by atoms with E-state index in [2.05, 4.69) is 22.7 Å². The molecule has 1 fully saturated rings. The van der Waals surface area contributed by atoms with Gasteiger partial charge in [0.15, 0.2) is 0 Å². The lowest BCUT2D eigenvalue weighted by atomic mass is 10.1. The standard InChI is InChI=1S/C11H17NO5S/c1-16-9(13)5-7(6-18)10(14)17-11(15)8-3-2-4-12-8/h7-8,12,18H,2-6H2,1H3/t7?,8-/m0/s1. The largest absolute Gasteiger partial charge is 0.469 e. The number of hydrogen-bond donors (Lipinski definition) is 2. The van der Waals surface area contributed by atoms with Crippen molar-refractivity contribution in [2.45, 2.75) is 25.3 Å². The third-order valence-corrected chi connectivity index (χ3v) is 3.18. The first-order valence-corrected chi connectivity index (χ1v) is 6.38. The summed E-state index contributed by atoms with van der Waals surface area (Å²) in [5.41, 5.74) is 0. The molecule has 102 valence electrons. The van der Waals surface area contributed by atoms with E-state index in [1.54, 1.807) is 0 Å². The summed E-state index contributed by atoms with van der Waals surface area (Å²) in [4.78, 5) is 34.3. The Bertz CT molecular complexity index is 327. The maximum absolute atomic E-state index is 11.7. The van der Waals surface area contributed by atoms with E-state index < -0.39 is 29.9 Å². The summed E-state index contributed by atoms with van der Waals surface area (Å²) in [6.45, 7) is 0.742. The van der Waals surface area contributed by atoms with Gasteiger partial charge < -0.3 is 14.8 Å². The zero-order chi connectivity index (χ0) is 13.5. The van der Waals surface area contributed by atoms with Crippen molar-refractivity contribution in [3.05, 3.63) is 0 Å². The molecule has 0 spiro atoms. The molecule has 18 heavy (non-hydrogen) atoms. The molecular weight excluding hydrogens is 258 g/mol. The highest BCUT2D eigenvalue weighted by Gasteiger charge is 2.29. The van der Waals surface area contributed by atoms with Gasteiger partial charge >= 0.3 is 17.9 Å². The molecule has 0 aromatic carbocycles. The second kappa shape index (κ2) is 7.38. The summed E-state index contributed by atoms with van der Waals surface area (Å²) in [6.07, 6.45) is 1.41. The van der Waals surface area contributed by atoms with Crippen molar-refractivity contribution in [2.24, 2.45) is 5.92 Å². The SMILES string of the molecule is COC(=O)CC(CS)C(=O)OC(=O)[C@@H]1CCCN1. The molecule has 1 rings (SSSR count). The highest BCUT2D eigenvalue weighted by molar-refractivity contribution is 7.80. The maximum Gasteiger partial charge on any atom is 0.330 e. The maximum atomic E-state index is 11.7. The zero-order valence-electron chi connectivity index (χ0n) is 10.2. The number of hydrogen-bond acceptors (Lipinski definition) is 7. The van der Waals surface area contributed by atoms with E-state index in [0.29, 0.717) is 6.42 Å². The quantitative estimate of drug-likeness (QED) is 0.415. The van der Waals surface area contributed by atoms with Crippen molar-refractivity contribution in [3.63, 3.8) is 0 Å². The fourth-order valence-corrected chi connectivity index (χ4v) is 1.92. The van der Waals surface area contributed by atoms with Gasteiger partial charge in [-0.2, -0.15) is 12.6 Å². The lowest BCUT2D eigenvalue weighted by molar-refractivity contribution is -0.165. The van der Waals surface area contributed by atoms with E-state index in [1.165, 1.54) is 7.11 Å². The molecule has 0 bridgehead atoms. The van der Waals surface area contributed by atoms with E-state index in [1.807, 2.05) is 0 Å². The average Bonchev–Trinajstić information content (AvgIpc) is 2.89. The predicted molar refractivity (Wildman–Crippen MR) is 66.1 cm³/mol. The molecule has 1 aliphatic heterocycles. The molecule has 0 amide bonds. The Labute approximate surface area is 111 Å². The minimum Gasteiger partial charge on any atom is -0.469 e. The number of ether oxygens (including phenoxy) is 2. The number of thiol groups is 1. The van der Waals surface area contributed by atoms with Crippen LogP contribution in [-0.2, 0) is 23.9 Å². The van der Waals surface area contributed by atoms with Gasteiger partial charge in [0.05, 0.1) is 19.4 Å². The molecule has 0 aromatic heterocycles. The van der Waals surface area contributed by atoms with Crippen LogP contribution in [0, 0.1) is 5.92 Å². The smallest absolute Gasteiger partial charge is 0.330 e. The fraction of sp³-hybridized carbons (Fsp3) is 0.727. The Balaban J connectivity index is 2.45. The molecule has 1 N–H and O–H groups in total. The van der Waals surface area contributed by atoms with Crippen LogP contribution in [0.5, 0.6) is 0 Å². The number of nitrogens with one attached hydrogen (secondary N) is 1. The summed E-state index contributed by atoms with van der Waals surface area (Å²) in [5, 5.41) is 2.93. The van der Waals surface area contributed by atoms with Crippen LogP contribution in [0.4, 0.5) is 0 Å². The van der Waals surface area contributed by atoms with Gasteiger partial charge in [0.1, 0.15) is 6.04 Å². The highest BCUT2D eigenvalue weighted by Crippen LogP contribution is 2.12. The summed E-state index contributed by atoms with van der Waals surface area (Å²) >= 11 is 3.97. The number of carbonyl (C=O) groups is 3. The van der Waals surface area contributed by atoms with Crippen molar-refractivity contribution < 1.29 is 23.9 Å². The van der Waals surface area contributed by atoms with E-state index in [9.17, 15) is 14.4 Å². The Morgan fingerprint density at radius 2 is 2.17 bits per heavy atom. The highest BCUT2D eigenvalue weighted by atomic mass is 32.1. The number of esters is 3. The molecule has 1 aliphatic rings. The second-order valence-corrected chi connectivity index (χ2v) is 4.41. The van der Waals surface area contributed by atoms with E-state index in [0.717, 1.165) is 13.0 Å². The molecule has 1 unspecified atom stereocenters. The minimum atomic E-state index is -0.758. The first-order chi connectivity index (χ1) is 8.58. The van der Waals surface area contributed by atoms with Crippen molar-refractivity contribution in [1.29, 1.82) is 0 Å². The van der Waals surface area contributed by atoms with Gasteiger partial charge in [-0.3, -0.25) is 9.59 Å². The molecule has 6 nitrogen and oxygen atoms in total. The van der Waals surface area contributed by atoms with Gasteiger partial charge in [-0.15, -0.1) is 0 Å². The Hall–Kier alpha value is -1.08. The average molecular weight is 275 g/mol. The third-order valence-electron chi connectivity index (χ3n) is 2.74. The lowest BCUT2D eigenvalue weighted by Gasteiger charge is -2.13. The van der Waals surface area contributed by atoms with Crippen LogP contribution < -0.4 is 5.32 Å². The first kappa shape index (κ1) is 15.0. The van der Waals surface area contributed by atoms with Crippen LogP contribution in [0.3, 0.4) is 0 Å². The number of carbonyl (C=O) groups excluding carboxylic acids is 3. The van der Waals surface area contributed by atoms with Crippen molar-refractivity contribution >= 4 is 30.5 Å². The van der Waals surface area contributed by atoms with E-state index in [-0.39, 0.29) is 12.2 Å². The van der Waals surface area contributed by atoms with Crippen molar-refractivity contribution in [3.8, 4) is 0 Å². The topological polar surface area (TPSA) is 81.7 Å². The van der Waals surface area contributed by atoms with Crippen molar-refractivity contribution in [2.75, 3.05) is 19.4 Å². The molecule has 7 heteroatoms.